The molecule has 0 fully saturated rings. The maximum Gasteiger partial charge on any atom is 0.306 e. The second-order valence-electron chi connectivity index (χ2n) is 6.17. The number of pyridine rings is 1. The number of hydrogen-bond acceptors (Lipinski definition) is 7. The third-order valence-electron chi connectivity index (χ3n) is 4.31. The van der Waals surface area contributed by atoms with Gasteiger partial charge in [-0.1, -0.05) is 24.3 Å². The molecule has 2 aromatic rings. The Hall–Kier alpha value is -2.85. The highest BCUT2D eigenvalue weighted by Gasteiger charge is 2.16. The van der Waals surface area contributed by atoms with Gasteiger partial charge in [-0.15, -0.1) is 11.8 Å². The first-order chi connectivity index (χ1) is 13.4. The molecule has 0 N–H and O–H groups in total. The monoisotopic (exact) mass is 397 g/mol. The number of benzene rings is 1. The van der Waals surface area contributed by atoms with Crippen LogP contribution in [0.3, 0.4) is 0 Å². The molecule has 0 aliphatic carbocycles. The Morgan fingerprint density at radius 2 is 1.93 bits per heavy atom. The van der Waals surface area contributed by atoms with Crippen molar-refractivity contribution < 1.29 is 19.4 Å². The van der Waals surface area contributed by atoms with E-state index in [4.69, 9.17) is 4.74 Å². The van der Waals surface area contributed by atoms with Crippen LogP contribution in [0.15, 0.2) is 29.3 Å². The third-order valence-corrected chi connectivity index (χ3v) is 5.36. The molecule has 28 heavy (non-hydrogen) atoms. The summed E-state index contributed by atoms with van der Waals surface area (Å²) < 4.78 is 4.97. The molecule has 0 saturated heterocycles. The molecule has 0 spiro atoms. The second kappa shape index (κ2) is 9.90. The summed E-state index contributed by atoms with van der Waals surface area (Å²) in [7, 11) is 0. The van der Waals surface area contributed by atoms with Crippen LogP contribution in [0, 0.1) is 25.2 Å². The van der Waals surface area contributed by atoms with Crippen molar-refractivity contribution in [1.29, 1.82) is 5.26 Å². The molecule has 6 nitrogen and oxygen atoms in total. The van der Waals surface area contributed by atoms with Crippen molar-refractivity contribution in [3.8, 4) is 6.07 Å². The molecule has 2 rings (SSSR count). The van der Waals surface area contributed by atoms with Gasteiger partial charge in [0.1, 0.15) is 11.1 Å². The van der Waals surface area contributed by atoms with E-state index in [1.807, 2.05) is 13.8 Å². The van der Waals surface area contributed by atoms with Crippen molar-refractivity contribution in [2.24, 2.45) is 0 Å². The fourth-order valence-corrected chi connectivity index (χ4v) is 3.85. The number of hydrogen-bond donors (Lipinski definition) is 0. The van der Waals surface area contributed by atoms with E-state index in [1.165, 1.54) is 23.9 Å². The standard InChI is InChI=1S/C21H22N2O4S/c1-4-27-19(24)10-9-17-13(2)18(11-22)20(23-14(17)3)28-12-15-5-7-16(8-6-15)21(25)26/h5-8H,4,9-10,12H2,1-3H3,(H,25,26)/p-1. The zero-order chi connectivity index (χ0) is 20.7. The van der Waals surface area contributed by atoms with Gasteiger partial charge in [0.05, 0.1) is 18.1 Å². The van der Waals surface area contributed by atoms with Gasteiger partial charge in [0, 0.05) is 17.9 Å². The lowest BCUT2D eigenvalue weighted by atomic mass is 9.99. The molecule has 0 atom stereocenters. The molecule has 1 heterocycles. The van der Waals surface area contributed by atoms with E-state index >= 15 is 0 Å². The topological polar surface area (TPSA) is 103 Å². The van der Waals surface area contributed by atoms with Crippen molar-refractivity contribution in [3.05, 3.63) is 57.8 Å². The number of esters is 1. The number of carboxylic acids is 1. The lowest BCUT2D eigenvalue weighted by molar-refractivity contribution is -0.255. The van der Waals surface area contributed by atoms with Crippen molar-refractivity contribution in [1.82, 2.24) is 4.98 Å². The quantitative estimate of drug-likeness (QED) is 0.498. The van der Waals surface area contributed by atoms with Crippen molar-refractivity contribution in [2.45, 2.75) is 44.4 Å². The maximum atomic E-state index is 11.6. The van der Waals surface area contributed by atoms with Crippen LogP contribution in [-0.4, -0.2) is 23.5 Å². The molecule has 146 valence electrons. The van der Waals surface area contributed by atoms with Gasteiger partial charge in [-0.05, 0) is 49.4 Å². The highest BCUT2D eigenvalue weighted by Crippen LogP contribution is 2.29. The van der Waals surface area contributed by atoms with E-state index in [2.05, 4.69) is 11.1 Å². The number of carbonyl (C=O) groups is 2. The van der Waals surface area contributed by atoms with Gasteiger partial charge in [0.15, 0.2) is 0 Å². The van der Waals surface area contributed by atoms with Gasteiger partial charge in [0.25, 0.3) is 0 Å². The normalized spacial score (nSPS) is 10.4. The van der Waals surface area contributed by atoms with Crippen molar-refractivity contribution >= 4 is 23.7 Å². The summed E-state index contributed by atoms with van der Waals surface area (Å²) in [5, 5.41) is 21.1. The molecule has 0 saturated carbocycles. The van der Waals surface area contributed by atoms with Crippen LogP contribution < -0.4 is 5.11 Å². The second-order valence-corrected chi connectivity index (χ2v) is 7.13. The van der Waals surface area contributed by atoms with Gasteiger partial charge in [0.2, 0.25) is 0 Å². The molecule has 7 heteroatoms. The number of aromatic carboxylic acids is 1. The average Bonchev–Trinajstić information content (AvgIpc) is 2.66. The predicted molar refractivity (Wildman–Crippen MR) is 104 cm³/mol. The van der Waals surface area contributed by atoms with Gasteiger partial charge in [-0.25, -0.2) is 4.98 Å². The molecule has 1 aromatic heterocycles. The number of ether oxygens (including phenoxy) is 1. The summed E-state index contributed by atoms with van der Waals surface area (Å²) in [6, 6.07) is 8.66. The number of aromatic nitrogens is 1. The molecular weight excluding hydrogens is 376 g/mol. The largest absolute Gasteiger partial charge is 0.545 e. The highest BCUT2D eigenvalue weighted by molar-refractivity contribution is 7.98. The lowest BCUT2D eigenvalue weighted by Gasteiger charge is -2.14. The highest BCUT2D eigenvalue weighted by atomic mass is 32.2. The van der Waals surface area contributed by atoms with Crippen LogP contribution in [0.4, 0.5) is 0 Å². The van der Waals surface area contributed by atoms with Gasteiger partial charge < -0.3 is 14.6 Å². The first-order valence-corrected chi connectivity index (χ1v) is 9.84. The van der Waals surface area contributed by atoms with Crippen LogP contribution >= 0.6 is 11.8 Å². The third kappa shape index (κ3) is 5.33. The Morgan fingerprint density at radius 3 is 2.50 bits per heavy atom. The van der Waals surface area contributed by atoms with Crippen LogP contribution in [0.2, 0.25) is 0 Å². The summed E-state index contributed by atoms with van der Waals surface area (Å²) in [5.41, 5.74) is 4.06. The Morgan fingerprint density at radius 1 is 1.25 bits per heavy atom. The van der Waals surface area contributed by atoms with E-state index in [0.717, 1.165) is 22.4 Å². The maximum absolute atomic E-state index is 11.6. The number of nitriles is 1. The summed E-state index contributed by atoms with van der Waals surface area (Å²) in [6.45, 7) is 5.85. The fraction of sp³-hybridized carbons (Fsp3) is 0.333. The van der Waals surface area contributed by atoms with Crippen LogP contribution in [-0.2, 0) is 21.7 Å². The summed E-state index contributed by atoms with van der Waals surface area (Å²) in [6.07, 6.45) is 0.729. The average molecular weight is 397 g/mol. The lowest BCUT2D eigenvalue weighted by Crippen LogP contribution is -2.21. The summed E-state index contributed by atoms with van der Waals surface area (Å²) in [4.78, 5) is 27.0. The molecule has 0 aliphatic rings. The molecule has 0 aliphatic heterocycles. The molecule has 0 radical (unpaired) electrons. The van der Waals surface area contributed by atoms with Gasteiger partial charge >= 0.3 is 5.97 Å². The van der Waals surface area contributed by atoms with Gasteiger partial charge in [-0.3, -0.25) is 4.79 Å². The molecule has 0 amide bonds. The molecular formula is C21H21N2O4S-. The summed E-state index contributed by atoms with van der Waals surface area (Å²) in [5.74, 6) is -0.925. The van der Waals surface area contributed by atoms with E-state index in [-0.39, 0.29) is 18.0 Å². The SMILES string of the molecule is CCOC(=O)CCc1c(C)nc(SCc2ccc(C(=O)[O-])cc2)c(C#N)c1C. The number of aryl methyl sites for hydroxylation is 1. The van der Waals surface area contributed by atoms with Crippen molar-refractivity contribution in [3.63, 3.8) is 0 Å². The van der Waals surface area contributed by atoms with E-state index in [0.29, 0.717) is 29.4 Å². The number of rotatable bonds is 8. The Kier molecular flexibility index (Phi) is 7.59. The van der Waals surface area contributed by atoms with Crippen LogP contribution in [0.1, 0.15) is 51.7 Å². The minimum atomic E-state index is -1.21. The van der Waals surface area contributed by atoms with Crippen molar-refractivity contribution in [2.75, 3.05) is 6.61 Å². The molecule has 0 unspecified atom stereocenters. The zero-order valence-corrected chi connectivity index (χ0v) is 16.9. The van der Waals surface area contributed by atoms with E-state index in [9.17, 15) is 20.0 Å². The fourth-order valence-electron chi connectivity index (χ4n) is 2.81. The number of carboxylic acid groups (broad SMARTS) is 1. The first kappa shape index (κ1) is 21.5. The number of nitrogens with zero attached hydrogens (tertiary/aromatic N) is 2. The van der Waals surface area contributed by atoms with E-state index < -0.39 is 5.97 Å². The smallest absolute Gasteiger partial charge is 0.306 e. The van der Waals surface area contributed by atoms with E-state index in [1.54, 1.807) is 19.1 Å². The minimum absolute atomic E-state index is 0.127. The molecule has 1 aromatic carbocycles. The predicted octanol–water partition coefficient (Wildman–Crippen LogP) is 2.72. The Balaban J connectivity index is 2.17. The first-order valence-electron chi connectivity index (χ1n) is 8.86. The molecule has 0 bridgehead atoms. The number of thioether (sulfide) groups is 1. The zero-order valence-electron chi connectivity index (χ0n) is 16.1. The summed E-state index contributed by atoms with van der Waals surface area (Å²) >= 11 is 1.42. The Labute approximate surface area is 168 Å². The minimum Gasteiger partial charge on any atom is -0.545 e. The number of carbonyl (C=O) groups excluding carboxylic acids is 2. The van der Waals surface area contributed by atoms with Gasteiger partial charge in [-0.2, -0.15) is 5.26 Å². The Bertz CT molecular complexity index is 917. The van der Waals surface area contributed by atoms with Crippen LogP contribution in [0.5, 0.6) is 0 Å². The van der Waals surface area contributed by atoms with Crippen LogP contribution in [0.25, 0.3) is 0 Å².